The fourth-order valence-corrected chi connectivity index (χ4v) is 2.35. The molecule has 0 aromatic carbocycles. The highest BCUT2D eigenvalue weighted by Gasteiger charge is 2.11. The van der Waals surface area contributed by atoms with E-state index >= 15 is 0 Å². The lowest BCUT2D eigenvalue weighted by molar-refractivity contribution is 0.364. The molecule has 0 spiro atoms. The lowest BCUT2D eigenvalue weighted by Crippen LogP contribution is -2.21. The zero-order valence-electron chi connectivity index (χ0n) is 10.7. The maximum absolute atomic E-state index is 4.19. The zero-order valence-corrected chi connectivity index (χ0v) is 10.7. The van der Waals surface area contributed by atoms with E-state index in [1.807, 2.05) is 6.08 Å². The van der Waals surface area contributed by atoms with Crippen molar-refractivity contribution in [2.24, 2.45) is 0 Å². The predicted molar refractivity (Wildman–Crippen MR) is 72.7 cm³/mol. The van der Waals surface area contributed by atoms with Crippen molar-refractivity contribution in [1.82, 2.24) is 4.90 Å². The molecule has 1 rings (SSSR count). The number of hydrogen-bond acceptors (Lipinski definition) is 1. The third-order valence-corrected chi connectivity index (χ3v) is 3.33. The monoisotopic (exact) mass is 221 g/mol. The van der Waals surface area contributed by atoms with Crippen molar-refractivity contribution in [1.29, 1.82) is 0 Å². The summed E-state index contributed by atoms with van der Waals surface area (Å²) in [7, 11) is 0. The molecule has 1 heteroatoms. The van der Waals surface area contributed by atoms with Gasteiger partial charge in [-0.2, -0.15) is 0 Å². The quantitative estimate of drug-likeness (QED) is 0.417. The van der Waals surface area contributed by atoms with E-state index < -0.39 is 0 Å². The average Bonchev–Trinajstić information content (AvgIpc) is 2.76. The molecule has 1 heterocycles. The van der Waals surface area contributed by atoms with Crippen molar-refractivity contribution in [3.63, 3.8) is 0 Å². The van der Waals surface area contributed by atoms with Gasteiger partial charge < -0.3 is 0 Å². The van der Waals surface area contributed by atoms with Gasteiger partial charge in [0.05, 0.1) is 0 Å². The second-order valence-corrected chi connectivity index (χ2v) is 4.97. The Morgan fingerprint density at radius 2 is 1.75 bits per heavy atom. The molecule has 0 aromatic rings. The minimum atomic E-state index is 1.15. The van der Waals surface area contributed by atoms with Crippen LogP contribution in [0.4, 0.5) is 0 Å². The molecule has 0 radical (unpaired) electrons. The van der Waals surface area contributed by atoms with Crippen LogP contribution < -0.4 is 0 Å². The molecule has 1 aliphatic heterocycles. The Morgan fingerprint density at radius 3 is 2.44 bits per heavy atom. The first-order chi connectivity index (χ1) is 7.83. The van der Waals surface area contributed by atoms with Crippen molar-refractivity contribution in [2.45, 2.75) is 51.4 Å². The number of unbranched alkanes of at least 4 members (excludes halogenated alkanes) is 4. The second-order valence-electron chi connectivity index (χ2n) is 4.97. The van der Waals surface area contributed by atoms with Gasteiger partial charge in [-0.05, 0) is 51.6 Å². The molecule has 16 heavy (non-hydrogen) atoms. The van der Waals surface area contributed by atoms with Crippen molar-refractivity contribution < 1.29 is 0 Å². The van der Waals surface area contributed by atoms with Crippen molar-refractivity contribution in [2.75, 3.05) is 19.6 Å². The van der Waals surface area contributed by atoms with E-state index in [0.717, 1.165) is 6.54 Å². The summed E-state index contributed by atoms with van der Waals surface area (Å²) in [4.78, 5) is 2.54. The van der Waals surface area contributed by atoms with Crippen LogP contribution in [0, 0.1) is 0 Å². The first-order valence-corrected chi connectivity index (χ1v) is 6.83. The molecule has 0 amide bonds. The smallest absolute Gasteiger partial charge is 0.0190 e. The van der Waals surface area contributed by atoms with Crippen molar-refractivity contribution >= 4 is 0 Å². The summed E-state index contributed by atoms with van der Waals surface area (Å²) in [5.41, 5.74) is 1.44. The lowest BCUT2D eigenvalue weighted by Gasteiger charge is -2.16. The fourth-order valence-electron chi connectivity index (χ4n) is 2.35. The van der Waals surface area contributed by atoms with Gasteiger partial charge in [0, 0.05) is 6.54 Å². The maximum atomic E-state index is 4.19. The number of rotatable bonds is 9. The largest absolute Gasteiger partial charge is 0.299 e. The van der Waals surface area contributed by atoms with E-state index in [2.05, 4.69) is 18.1 Å². The van der Waals surface area contributed by atoms with Gasteiger partial charge in [-0.25, -0.2) is 0 Å². The third-order valence-electron chi connectivity index (χ3n) is 3.33. The van der Waals surface area contributed by atoms with Gasteiger partial charge in [0.2, 0.25) is 0 Å². The highest BCUT2D eigenvalue weighted by atomic mass is 15.1. The number of allylic oxidation sites excluding steroid dienone is 1. The van der Waals surface area contributed by atoms with Crippen molar-refractivity contribution in [3.05, 3.63) is 24.8 Å². The molecule has 0 unspecified atom stereocenters. The zero-order chi connectivity index (χ0) is 11.6. The van der Waals surface area contributed by atoms with Crippen LogP contribution in [0.3, 0.4) is 0 Å². The van der Waals surface area contributed by atoms with Crippen molar-refractivity contribution in [3.8, 4) is 0 Å². The summed E-state index contributed by atoms with van der Waals surface area (Å²) in [5, 5.41) is 0. The average molecular weight is 221 g/mol. The third kappa shape index (κ3) is 6.12. The van der Waals surface area contributed by atoms with Crippen LogP contribution in [0.2, 0.25) is 0 Å². The van der Waals surface area contributed by atoms with Gasteiger partial charge >= 0.3 is 0 Å². The van der Waals surface area contributed by atoms with Gasteiger partial charge in [-0.15, -0.1) is 6.58 Å². The standard InChI is InChI=1S/C15H27N/c1-3-4-5-6-7-8-11-15(2)14-16-12-9-10-13-16/h3H,1-2,4-14H2. The maximum Gasteiger partial charge on any atom is 0.0190 e. The Balaban J connectivity index is 1.91. The van der Waals surface area contributed by atoms with Crippen LogP contribution in [-0.2, 0) is 0 Å². The molecule has 92 valence electrons. The summed E-state index contributed by atoms with van der Waals surface area (Å²) >= 11 is 0. The fraction of sp³-hybridized carbons (Fsp3) is 0.733. The number of hydrogen-bond donors (Lipinski definition) is 0. The van der Waals surface area contributed by atoms with Crippen LogP contribution >= 0.6 is 0 Å². The van der Waals surface area contributed by atoms with E-state index in [1.165, 1.54) is 70.0 Å². The molecule has 1 aliphatic rings. The molecular formula is C15H27N. The van der Waals surface area contributed by atoms with E-state index in [-0.39, 0.29) is 0 Å². The minimum absolute atomic E-state index is 1.15. The van der Waals surface area contributed by atoms with E-state index in [1.54, 1.807) is 0 Å². The Morgan fingerprint density at radius 1 is 1.06 bits per heavy atom. The lowest BCUT2D eigenvalue weighted by atomic mass is 10.1. The van der Waals surface area contributed by atoms with Crippen LogP contribution in [-0.4, -0.2) is 24.5 Å². The summed E-state index contributed by atoms with van der Waals surface area (Å²) in [5.74, 6) is 0. The molecule has 0 aliphatic carbocycles. The summed E-state index contributed by atoms with van der Waals surface area (Å²) < 4.78 is 0. The van der Waals surface area contributed by atoms with Gasteiger partial charge in [-0.1, -0.05) is 31.1 Å². The Labute approximate surface area is 101 Å². The molecule has 1 fully saturated rings. The highest BCUT2D eigenvalue weighted by molar-refractivity contribution is 4.97. The van der Waals surface area contributed by atoms with Gasteiger partial charge in [0.1, 0.15) is 0 Å². The first kappa shape index (κ1) is 13.5. The predicted octanol–water partition coefficient (Wildman–Crippen LogP) is 4.17. The summed E-state index contributed by atoms with van der Waals surface area (Å²) in [6, 6.07) is 0. The highest BCUT2D eigenvalue weighted by Crippen LogP contribution is 2.14. The normalized spacial score (nSPS) is 16.5. The van der Waals surface area contributed by atoms with Gasteiger partial charge in [0.15, 0.2) is 0 Å². The molecule has 0 N–H and O–H groups in total. The summed E-state index contributed by atoms with van der Waals surface area (Å²) in [6.45, 7) is 11.7. The molecule has 0 aromatic heterocycles. The molecule has 1 nitrogen and oxygen atoms in total. The topological polar surface area (TPSA) is 3.24 Å². The Kier molecular flexibility index (Phi) is 7.24. The first-order valence-electron chi connectivity index (χ1n) is 6.83. The molecule has 1 saturated heterocycles. The minimum Gasteiger partial charge on any atom is -0.299 e. The van der Waals surface area contributed by atoms with Crippen LogP contribution in [0.25, 0.3) is 0 Å². The Hall–Kier alpha value is -0.560. The van der Waals surface area contributed by atoms with Crippen LogP contribution in [0.1, 0.15) is 51.4 Å². The SMILES string of the molecule is C=CCCCCCCC(=C)CN1CCCC1. The number of nitrogens with zero attached hydrogens (tertiary/aromatic N) is 1. The van der Waals surface area contributed by atoms with Gasteiger partial charge in [-0.3, -0.25) is 4.90 Å². The van der Waals surface area contributed by atoms with Crippen LogP contribution in [0.15, 0.2) is 24.8 Å². The Bertz CT molecular complexity index is 201. The molecule has 0 bridgehead atoms. The molecule has 0 saturated carbocycles. The van der Waals surface area contributed by atoms with Crippen LogP contribution in [0.5, 0.6) is 0 Å². The van der Waals surface area contributed by atoms with Gasteiger partial charge in [0.25, 0.3) is 0 Å². The van der Waals surface area contributed by atoms with E-state index in [4.69, 9.17) is 0 Å². The summed E-state index contributed by atoms with van der Waals surface area (Å²) in [6.07, 6.45) is 12.5. The molecular weight excluding hydrogens is 194 g/mol. The number of likely N-dealkylation sites (tertiary alicyclic amines) is 1. The molecule has 0 atom stereocenters. The van der Waals surface area contributed by atoms with E-state index in [0.29, 0.717) is 0 Å². The van der Waals surface area contributed by atoms with E-state index in [9.17, 15) is 0 Å². The second kappa shape index (κ2) is 8.58.